The molecule has 0 heterocycles. The summed E-state index contributed by atoms with van der Waals surface area (Å²) in [5.74, 6) is -1.62. The molecule has 0 radical (unpaired) electrons. The molecule has 25 heavy (non-hydrogen) atoms. The molecule has 134 valence electrons. The molecule has 0 saturated heterocycles. The minimum atomic E-state index is -1.23. The van der Waals surface area contributed by atoms with Gasteiger partial charge in [-0.3, -0.25) is 4.79 Å². The fourth-order valence-corrected chi connectivity index (χ4v) is 4.08. The van der Waals surface area contributed by atoms with Gasteiger partial charge in [0, 0.05) is 5.92 Å². The van der Waals surface area contributed by atoms with Crippen LogP contribution in [0.5, 0.6) is 0 Å². The van der Waals surface area contributed by atoms with Crippen molar-refractivity contribution < 1.29 is 28.6 Å². The van der Waals surface area contributed by atoms with Crippen molar-refractivity contribution in [2.24, 2.45) is 17.8 Å². The second-order valence-electron chi connectivity index (χ2n) is 6.51. The zero-order valence-electron chi connectivity index (χ0n) is 14.2. The van der Waals surface area contributed by atoms with Crippen molar-refractivity contribution in [3.8, 4) is 0 Å². The summed E-state index contributed by atoms with van der Waals surface area (Å²) >= 11 is 0. The molecule has 3 saturated carbocycles. The quantitative estimate of drug-likeness (QED) is 0.643. The van der Waals surface area contributed by atoms with Gasteiger partial charge in [-0.05, 0) is 24.3 Å². The lowest BCUT2D eigenvalue weighted by Gasteiger charge is -2.38. The highest BCUT2D eigenvalue weighted by atomic mass is 16.6. The number of hydrogen-bond acceptors (Lipinski definition) is 6. The highest BCUT2D eigenvalue weighted by Gasteiger charge is 2.69. The molecule has 7 heteroatoms. The Morgan fingerprint density at radius 3 is 2.52 bits per heavy atom. The van der Waals surface area contributed by atoms with E-state index in [9.17, 15) is 14.4 Å². The zero-order chi connectivity index (χ0) is 18.0. The first-order chi connectivity index (χ1) is 12.0. The van der Waals surface area contributed by atoms with Gasteiger partial charge >= 0.3 is 18.0 Å². The number of methoxy groups -OCH3 is 2. The zero-order valence-corrected chi connectivity index (χ0v) is 14.2. The first-order valence-electron chi connectivity index (χ1n) is 8.17. The Hall–Kier alpha value is -2.57. The molecule has 1 aromatic carbocycles. The first-order valence-corrected chi connectivity index (χ1v) is 8.17. The third-order valence-electron chi connectivity index (χ3n) is 5.28. The average Bonchev–Trinajstić information content (AvgIpc) is 3.14. The number of alkyl carbamates (subject to hydrolysis) is 1. The van der Waals surface area contributed by atoms with Gasteiger partial charge in [0.1, 0.15) is 12.1 Å². The van der Waals surface area contributed by atoms with E-state index in [2.05, 4.69) is 5.32 Å². The monoisotopic (exact) mass is 347 g/mol. The largest absolute Gasteiger partial charge is 0.469 e. The number of ether oxygens (including phenoxy) is 3. The summed E-state index contributed by atoms with van der Waals surface area (Å²) in [5, 5.41) is 2.67. The molecule has 0 aromatic heterocycles. The number of benzene rings is 1. The number of fused-ring (bicyclic) bond motifs is 1. The predicted octanol–water partition coefficient (Wildman–Crippen LogP) is 1.65. The molecular weight excluding hydrogens is 326 g/mol. The Bertz CT molecular complexity index is 675. The van der Waals surface area contributed by atoms with Gasteiger partial charge in [-0.15, -0.1) is 0 Å². The Morgan fingerprint density at radius 2 is 1.88 bits per heavy atom. The van der Waals surface area contributed by atoms with Crippen molar-refractivity contribution in [2.75, 3.05) is 14.2 Å². The van der Waals surface area contributed by atoms with Crippen molar-refractivity contribution in [1.29, 1.82) is 0 Å². The van der Waals surface area contributed by atoms with E-state index in [4.69, 9.17) is 14.2 Å². The maximum atomic E-state index is 12.4. The molecule has 3 aliphatic carbocycles. The maximum Gasteiger partial charge on any atom is 0.408 e. The van der Waals surface area contributed by atoms with E-state index in [0.29, 0.717) is 12.8 Å². The summed E-state index contributed by atoms with van der Waals surface area (Å²) in [4.78, 5) is 36.6. The normalized spacial score (nSPS) is 29.3. The van der Waals surface area contributed by atoms with Crippen LogP contribution < -0.4 is 5.32 Å². The minimum Gasteiger partial charge on any atom is -0.469 e. The lowest BCUT2D eigenvalue weighted by Crippen LogP contribution is -2.58. The van der Waals surface area contributed by atoms with Crippen LogP contribution in [0, 0.1) is 17.8 Å². The molecule has 0 aliphatic heterocycles. The molecule has 1 amide bonds. The second-order valence-corrected chi connectivity index (χ2v) is 6.51. The van der Waals surface area contributed by atoms with Crippen LogP contribution in [-0.2, 0) is 30.4 Å². The Labute approximate surface area is 145 Å². The number of amides is 1. The predicted molar refractivity (Wildman–Crippen MR) is 86.2 cm³/mol. The molecule has 7 nitrogen and oxygen atoms in total. The number of nitrogens with one attached hydrogen (secondary N) is 1. The molecule has 1 aromatic rings. The van der Waals surface area contributed by atoms with Gasteiger partial charge in [-0.2, -0.15) is 0 Å². The van der Waals surface area contributed by atoms with Gasteiger partial charge in [0.25, 0.3) is 0 Å². The SMILES string of the molecule is COC(=O)[C@H]1[C@@H]2C[C@H]1[C@](NC(=O)OCc1ccccc1)(C(=O)OC)C2. The van der Waals surface area contributed by atoms with Crippen LogP contribution in [0.2, 0.25) is 0 Å². The lowest BCUT2D eigenvalue weighted by molar-refractivity contribution is -0.157. The molecule has 4 rings (SSSR count). The third kappa shape index (κ3) is 2.94. The number of hydrogen-bond donors (Lipinski definition) is 1. The van der Waals surface area contributed by atoms with Crippen LogP contribution in [0.1, 0.15) is 18.4 Å². The van der Waals surface area contributed by atoms with Crippen LogP contribution in [0.4, 0.5) is 4.79 Å². The summed E-state index contributed by atoms with van der Waals surface area (Å²) in [7, 11) is 2.59. The van der Waals surface area contributed by atoms with Crippen molar-refractivity contribution in [2.45, 2.75) is 25.0 Å². The molecule has 2 bridgehead atoms. The van der Waals surface area contributed by atoms with Crippen molar-refractivity contribution in [3.05, 3.63) is 35.9 Å². The Balaban J connectivity index is 1.69. The summed E-state index contributed by atoms with van der Waals surface area (Å²) in [5.41, 5.74) is -0.389. The summed E-state index contributed by atoms with van der Waals surface area (Å²) in [6, 6.07) is 9.24. The number of carbonyl (C=O) groups excluding carboxylic acids is 3. The van der Waals surface area contributed by atoms with E-state index in [1.807, 2.05) is 30.3 Å². The molecule has 0 unspecified atom stereocenters. The van der Waals surface area contributed by atoms with Crippen LogP contribution in [0.15, 0.2) is 30.3 Å². The van der Waals surface area contributed by atoms with Gasteiger partial charge in [0.05, 0.1) is 20.1 Å². The van der Waals surface area contributed by atoms with Crippen LogP contribution in [0.3, 0.4) is 0 Å². The van der Waals surface area contributed by atoms with Crippen LogP contribution in [-0.4, -0.2) is 37.8 Å². The van der Waals surface area contributed by atoms with Gasteiger partial charge in [0.2, 0.25) is 0 Å². The number of esters is 2. The molecule has 3 fully saturated rings. The van der Waals surface area contributed by atoms with Crippen LogP contribution >= 0.6 is 0 Å². The molecule has 1 N–H and O–H groups in total. The maximum absolute atomic E-state index is 12.4. The molecular formula is C18H21NO6. The van der Waals surface area contributed by atoms with E-state index in [1.54, 1.807) is 0 Å². The minimum absolute atomic E-state index is 0.00553. The Morgan fingerprint density at radius 1 is 1.16 bits per heavy atom. The number of carbonyl (C=O) groups is 3. The van der Waals surface area contributed by atoms with Crippen molar-refractivity contribution >= 4 is 18.0 Å². The smallest absolute Gasteiger partial charge is 0.408 e. The summed E-state index contributed by atoms with van der Waals surface area (Å²) in [6.07, 6.45) is 0.323. The average molecular weight is 347 g/mol. The number of rotatable bonds is 5. The first kappa shape index (κ1) is 17.3. The van der Waals surface area contributed by atoms with E-state index in [0.717, 1.165) is 5.56 Å². The summed E-state index contributed by atoms with van der Waals surface area (Å²) in [6.45, 7) is 0.0957. The van der Waals surface area contributed by atoms with E-state index < -0.39 is 23.5 Å². The van der Waals surface area contributed by atoms with Crippen molar-refractivity contribution in [3.63, 3.8) is 0 Å². The lowest BCUT2D eigenvalue weighted by atomic mass is 9.69. The summed E-state index contributed by atoms with van der Waals surface area (Å²) < 4.78 is 14.9. The fourth-order valence-electron chi connectivity index (χ4n) is 4.08. The molecule has 3 aliphatic rings. The highest BCUT2D eigenvalue weighted by molar-refractivity contribution is 5.89. The van der Waals surface area contributed by atoms with E-state index >= 15 is 0 Å². The fraction of sp³-hybridized carbons (Fsp3) is 0.500. The van der Waals surface area contributed by atoms with Crippen LogP contribution in [0.25, 0.3) is 0 Å². The van der Waals surface area contributed by atoms with Gasteiger partial charge in [0.15, 0.2) is 0 Å². The van der Waals surface area contributed by atoms with Gasteiger partial charge < -0.3 is 19.5 Å². The second kappa shape index (κ2) is 6.74. The molecule has 0 spiro atoms. The van der Waals surface area contributed by atoms with E-state index in [1.165, 1.54) is 14.2 Å². The third-order valence-corrected chi connectivity index (χ3v) is 5.28. The van der Waals surface area contributed by atoms with Gasteiger partial charge in [-0.25, -0.2) is 9.59 Å². The van der Waals surface area contributed by atoms with Crippen molar-refractivity contribution in [1.82, 2.24) is 5.32 Å². The van der Waals surface area contributed by atoms with Gasteiger partial charge in [-0.1, -0.05) is 30.3 Å². The van der Waals surface area contributed by atoms with E-state index in [-0.39, 0.29) is 24.4 Å². The highest BCUT2D eigenvalue weighted by Crippen LogP contribution is 2.59. The molecule has 4 atom stereocenters. The Kier molecular flexibility index (Phi) is 4.65. The topological polar surface area (TPSA) is 90.9 Å². The standard InChI is InChI=1S/C18H21NO6/c1-23-15(20)14-12-8-13(14)18(9-12,16(21)24-2)19-17(22)25-10-11-6-4-3-5-7-11/h3-7,12-14H,8-10H2,1-2H3,(H,19,22)/t12-,13-,14+,18+/m1/s1.